The Morgan fingerprint density at radius 3 is 1.73 bits per heavy atom. The maximum Gasteiger partial charge on any atom is 0.315 e. The van der Waals surface area contributed by atoms with E-state index in [1.165, 1.54) is 16.7 Å². The number of amides is 1. The predicted molar refractivity (Wildman–Crippen MR) is 139 cm³/mol. The van der Waals surface area contributed by atoms with Crippen LogP contribution in [0.3, 0.4) is 0 Å². The number of carbonyl (C=O) groups is 1. The second kappa shape index (κ2) is 10.7. The van der Waals surface area contributed by atoms with Gasteiger partial charge >= 0.3 is 5.91 Å². The van der Waals surface area contributed by atoms with Crippen molar-refractivity contribution in [3.05, 3.63) is 138 Å². The van der Waals surface area contributed by atoms with Crippen molar-refractivity contribution >= 4 is 23.7 Å². The molecule has 0 bridgehead atoms. The predicted octanol–water partition coefficient (Wildman–Crippen LogP) is 7.15. The molecule has 0 N–H and O–H groups in total. The molecule has 2 heteroatoms. The Labute approximate surface area is 197 Å². The summed E-state index contributed by atoms with van der Waals surface area (Å²) in [6, 6.07) is 39.4. The van der Waals surface area contributed by atoms with Gasteiger partial charge in [-0.05, 0) is 28.8 Å². The summed E-state index contributed by atoms with van der Waals surface area (Å²) in [6.07, 6.45) is 5.08. The van der Waals surface area contributed by atoms with E-state index >= 15 is 0 Å². The molecule has 1 unspecified atom stereocenters. The zero-order valence-corrected chi connectivity index (χ0v) is 19.1. The highest BCUT2D eigenvalue weighted by Gasteiger charge is 2.36. The van der Waals surface area contributed by atoms with Gasteiger partial charge in [0.05, 0.1) is 13.5 Å². The Balaban J connectivity index is 1.54. The smallest absolute Gasteiger partial charge is 0.231 e. The number of carbonyl (C=O) groups excluding carboxylic acids is 1. The van der Waals surface area contributed by atoms with Gasteiger partial charge in [-0.3, -0.25) is 0 Å². The first-order chi connectivity index (χ1) is 16.2. The molecule has 1 amide bonds. The number of hydrogen-bond acceptors (Lipinski definition) is 1. The Morgan fingerprint density at radius 2 is 1.15 bits per heavy atom. The Hall–Kier alpha value is -3.75. The minimum absolute atomic E-state index is 0.160. The second-order valence-corrected chi connectivity index (χ2v) is 8.43. The van der Waals surface area contributed by atoms with Gasteiger partial charge in [-0.15, -0.1) is 0 Å². The van der Waals surface area contributed by atoms with Crippen molar-refractivity contribution in [1.82, 2.24) is 4.48 Å². The van der Waals surface area contributed by atoms with Crippen LogP contribution in [0.15, 0.2) is 115 Å². The van der Waals surface area contributed by atoms with E-state index in [9.17, 15) is 4.79 Å². The molecule has 0 spiro atoms. The van der Waals surface area contributed by atoms with Crippen LogP contribution in [0.4, 0.5) is 5.69 Å². The first-order valence-corrected chi connectivity index (χ1v) is 11.5. The van der Waals surface area contributed by atoms with Gasteiger partial charge in [0, 0.05) is 12.0 Å². The van der Waals surface area contributed by atoms with E-state index in [4.69, 9.17) is 0 Å². The van der Waals surface area contributed by atoms with Crippen LogP contribution in [0.5, 0.6) is 0 Å². The molecular formula is C31H30NO+. The molecule has 0 aliphatic carbocycles. The maximum absolute atomic E-state index is 13.1. The van der Waals surface area contributed by atoms with Gasteiger partial charge in [-0.2, -0.15) is 0 Å². The molecule has 0 aliphatic rings. The van der Waals surface area contributed by atoms with Gasteiger partial charge in [-0.1, -0.05) is 115 Å². The van der Waals surface area contributed by atoms with Gasteiger partial charge in [0.1, 0.15) is 12.2 Å². The molecule has 0 radical (unpaired) electrons. The molecule has 4 aromatic carbocycles. The zero-order valence-electron chi connectivity index (χ0n) is 19.1. The summed E-state index contributed by atoms with van der Waals surface area (Å²) in [5, 5.41) is 0. The number of nitrogens with zero attached hydrogens (tertiary/aromatic N) is 1. The molecule has 0 aromatic heterocycles. The quantitative estimate of drug-likeness (QED) is 0.213. The van der Waals surface area contributed by atoms with Crippen molar-refractivity contribution in [3.8, 4) is 0 Å². The molecule has 0 fully saturated rings. The van der Waals surface area contributed by atoms with Gasteiger partial charge < -0.3 is 0 Å². The molecule has 1 atom stereocenters. The summed E-state index contributed by atoms with van der Waals surface area (Å²) in [6.45, 7) is 3.08. The van der Waals surface area contributed by atoms with Crippen LogP contribution in [-0.4, -0.2) is 12.5 Å². The van der Waals surface area contributed by atoms with Crippen LogP contribution in [0, 0.1) is 0 Å². The fourth-order valence-electron chi connectivity index (χ4n) is 4.23. The van der Waals surface area contributed by atoms with Gasteiger partial charge in [0.2, 0.25) is 0 Å². The molecular weight excluding hydrogens is 402 g/mol. The minimum Gasteiger partial charge on any atom is -0.231 e. The van der Waals surface area contributed by atoms with Crippen LogP contribution in [0.2, 0.25) is 0 Å². The Morgan fingerprint density at radius 1 is 0.636 bits per heavy atom. The molecule has 2 nitrogen and oxygen atoms in total. The third-order valence-electron chi connectivity index (χ3n) is 6.18. The van der Waals surface area contributed by atoms with Crippen LogP contribution < -0.4 is 4.48 Å². The van der Waals surface area contributed by atoms with E-state index in [-0.39, 0.29) is 5.91 Å². The first kappa shape index (κ1) is 22.4. The summed E-state index contributed by atoms with van der Waals surface area (Å²) >= 11 is 0. The lowest BCUT2D eigenvalue weighted by Crippen LogP contribution is -2.53. The monoisotopic (exact) mass is 432 g/mol. The summed E-state index contributed by atoms with van der Waals surface area (Å²) in [4.78, 5) is 13.1. The van der Waals surface area contributed by atoms with E-state index in [2.05, 4.69) is 72.8 Å². The molecule has 0 heterocycles. The lowest BCUT2D eigenvalue weighted by Gasteiger charge is -2.35. The number of hydrogen-bond donors (Lipinski definition) is 0. The maximum atomic E-state index is 13.1. The Bertz CT molecular complexity index is 1180. The van der Waals surface area contributed by atoms with Crippen LogP contribution >= 0.6 is 0 Å². The standard InChI is InChI=1S/C31H30NO/c1-26(33)32(31-15-9-4-10-16-31,25-30-13-7-3-8-14-30)24-23-29-21-19-28(20-22-29)18-17-27-11-5-2-6-12-27/h2-22H,23-25H2,1H3/q+1. The lowest BCUT2D eigenvalue weighted by molar-refractivity contribution is -0.128. The summed E-state index contributed by atoms with van der Waals surface area (Å²) < 4.78 is 0.306. The molecule has 0 aliphatic heterocycles. The second-order valence-electron chi connectivity index (χ2n) is 8.43. The normalized spacial score (nSPS) is 13.0. The van der Waals surface area contributed by atoms with E-state index < -0.39 is 0 Å². The molecule has 33 heavy (non-hydrogen) atoms. The summed E-state index contributed by atoms with van der Waals surface area (Å²) in [7, 11) is 0. The average Bonchev–Trinajstić information content (AvgIpc) is 2.87. The van der Waals surface area contributed by atoms with E-state index in [0.29, 0.717) is 17.6 Å². The van der Waals surface area contributed by atoms with Crippen molar-refractivity contribution < 1.29 is 4.79 Å². The topological polar surface area (TPSA) is 17.1 Å². The lowest BCUT2D eigenvalue weighted by atomic mass is 10.0. The average molecular weight is 433 g/mol. The third-order valence-corrected chi connectivity index (χ3v) is 6.18. The summed E-state index contributed by atoms with van der Waals surface area (Å²) in [5.74, 6) is 0.160. The molecule has 0 saturated heterocycles. The Kier molecular flexibility index (Phi) is 7.29. The van der Waals surface area contributed by atoms with Crippen LogP contribution in [-0.2, 0) is 17.8 Å². The van der Waals surface area contributed by atoms with E-state index in [1.807, 2.05) is 54.6 Å². The van der Waals surface area contributed by atoms with Crippen molar-refractivity contribution in [1.29, 1.82) is 0 Å². The fraction of sp³-hybridized carbons (Fsp3) is 0.129. The van der Waals surface area contributed by atoms with Crippen molar-refractivity contribution in [2.75, 3.05) is 6.54 Å². The third kappa shape index (κ3) is 5.74. The first-order valence-electron chi connectivity index (χ1n) is 11.5. The number of rotatable bonds is 8. The van der Waals surface area contributed by atoms with E-state index in [0.717, 1.165) is 17.7 Å². The fourth-order valence-corrected chi connectivity index (χ4v) is 4.23. The largest absolute Gasteiger partial charge is 0.315 e. The SMILES string of the molecule is CC(=O)[N+](CCc1ccc(C=Cc2ccccc2)cc1)(Cc1ccccc1)c1ccccc1. The highest BCUT2D eigenvalue weighted by atomic mass is 16.2. The van der Waals surface area contributed by atoms with Gasteiger partial charge in [0.15, 0.2) is 0 Å². The van der Waals surface area contributed by atoms with Gasteiger partial charge in [0.25, 0.3) is 0 Å². The molecule has 4 aromatic rings. The molecule has 4 rings (SSSR count). The van der Waals surface area contributed by atoms with E-state index in [1.54, 1.807) is 6.92 Å². The molecule has 0 saturated carbocycles. The molecule has 164 valence electrons. The highest BCUT2D eigenvalue weighted by Crippen LogP contribution is 2.28. The number of para-hydroxylation sites is 1. The number of benzene rings is 4. The zero-order chi connectivity index (χ0) is 22.9. The van der Waals surface area contributed by atoms with Gasteiger partial charge in [-0.25, -0.2) is 9.28 Å². The van der Waals surface area contributed by atoms with Crippen molar-refractivity contribution in [2.24, 2.45) is 0 Å². The minimum atomic E-state index is 0.160. The van der Waals surface area contributed by atoms with Crippen LogP contribution in [0.1, 0.15) is 29.2 Å². The van der Waals surface area contributed by atoms with Crippen LogP contribution in [0.25, 0.3) is 12.2 Å². The van der Waals surface area contributed by atoms with Crippen molar-refractivity contribution in [2.45, 2.75) is 19.9 Å². The summed E-state index contributed by atoms with van der Waals surface area (Å²) in [5.41, 5.74) is 5.80. The number of quaternary nitrogens is 1. The highest BCUT2D eigenvalue weighted by molar-refractivity contribution is 5.86. The van der Waals surface area contributed by atoms with Crippen molar-refractivity contribution in [3.63, 3.8) is 0 Å².